The Morgan fingerprint density at radius 1 is 1.05 bits per heavy atom. The summed E-state index contributed by atoms with van der Waals surface area (Å²) in [5, 5.41) is 12.3. The van der Waals surface area contributed by atoms with Crippen molar-refractivity contribution in [1.29, 1.82) is 0 Å². The summed E-state index contributed by atoms with van der Waals surface area (Å²) in [6.07, 6.45) is 2.49. The highest BCUT2D eigenvalue weighted by molar-refractivity contribution is 6.04. The first-order valence-corrected chi connectivity index (χ1v) is 7.36. The van der Waals surface area contributed by atoms with Gasteiger partial charge in [0, 0.05) is 16.3 Å². The molecule has 0 saturated heterocycles. The molecule has 0 amide bonds. The highest BCUT2D eigenvalue weighted by Gasteiger charge is 2.32. The molecule has 0 spiro atoms. The molecule has 3 heteroatoms. The molecule has 108 valence electrons. The maximum absolute atomic E-state index is 12.0. The van der Waals surface area contributed by atoms with Crippen molar-refractivity contribution in [3.05, 3.63) is 58.4 Å². The fourth-order valence-corrected chi connectivity index (χ4v) is 2.78. The third-order valence-corrected chi connectivity index (χ3v) is 4.24. The average molecular weight is 290 g/mol. The van der Waals surface area contributed by atoms with E-state index >= 15 is 0 Å². The summed E-state index contributed by atoms with van der Waals surface area (Å²) in [7, 11) is 0. The van der Waals surface area contributed by atoms with Crippen LogP contribution in [0.5, 0.6) is 0 Å². The smallest absolute Gasteiger partial charge is 0.344 e. The molecule has 0 aliphatic heterocycles. The van der Waals surface area contributed by atoms with Crippen LogP contribution in [0, 0.1) is 11.8 Å². The Morgan fingerprint density at radius 2 is 1.86 bits per heavy atom. The molecule has 3 aromatic rings. The van der Waals surface area contributed by atoms with Crippen LogP contribution < -0.4 is 5.63 Å². The molecule has 1 N–H and O–H groups in total. The van der Waals surface area contributed by atoms with Crippen molar-refractivity contribution in [1.82, 2.24) is 0 Å². The number of hydrogen-bond acceptors (Lipinski definition) is 3. The number of benzene rings is 2. The van der Waals surface area contributed by atoms with Gasteiger partial charge in [0.15, 0.2) is 0 Å². The van der Waals surface area contributed by atoms with Crippen molar-refractivity contribution >= 4 is 21.7 Å². The first-order chi connectivity index (χ1) is 10.6. The topological polar surface area (TPSA) is 50.4 Å². The number of rotatable bonds is 0. The highest BCUT2D eigenvalue weighted by atomic mass is 16.4. The van der Waals surface area contributed by atoms with E-state index in [4.69, 9.17) is 4.42 Å². The van der Waals surface area contributed by atoms with Gasteiger partial charge in [0.25, 0.3) is 0 Å². The van der Waals surface area contributed by atoms with Crippen LogP contribution in [-0.2, 0) is 0 Å². The molecule has 0 atom stereocenters. The second-order valence-electron chi connectivity index (χ2n) is 5.78. The van der Waals surface area contributed by atoms with Crippen molar-refractivity contribution in [2.45, 2.75) is 24.9 Å². The fourth-order valence-electron chi connectivity index (χ4n) is 2.78. The van der Waals surface area contributed by atoms with Crippen molar-refractivity contribution in [3.8, 4) is 11.8 Å². The lowest BCUT2D eigenvalue weighted by atomic mass is 9.81. The highest BCUT2D eigenvalue weighted by Crippen LogP contribution is 2.30. The molecule has 1 aromatic heterocycles. The summed E-state index contributed by atoms with van der Waals surface area (Å²) >= 11 is 0. The minimum absolute atomic E-state index is 0.342. The summed E-state index contributed by atoms with van der Waals surface area (Å²) in [6, 6.07) is 12.9. The first-order valence-electron chi connectivity index (χ1n) is 7.36. The van der Waals surface area contributed by atoms with Crippen LogP contribution in [-0.4, -0.2) is 10.7 Å². The van der Waals surface area contributed by atoms with Crippen molar-refractivity contribution in [3.63, 3.8) is 0 Å². The SMILES string of the molecule is O=c1oc2ccccc2c2cc(C#CC3(O)CCC3)ccc12. The lowest BCUT2D eigenvalue weighted by Gasteiger charge is -2.30. The Morgan fingerprint density at radius 3 is 2.64 bits per heavy atom. The van der Waals surface area contributed by atoms with E-state index in [1.54, 1.807) is 18.2 Å². The van der Waals surface area contributed by atoms with Gasteiger partial charge in [-0.25, -0.2) is 4.79 Å². The van der Waals surface area contributed by atoms with Crippen LogP contribution in [0.25, 0.3) is 21.7 Å². The molecule has 1 aliphatic carbocycles. The van der Waals surface area contributed by atoms with E-state index in [1.165, 1.54) is 0 Å². The van der Waals surface area contributed by atoms with Gasteiger partial charge in [0.1, 0.15) is 11.2 Å². The third kappa shape index (κ3) is 2.09. The van der Waals surface area contributed by atoms with E-state index in [0.29, 0.717) is 11.0 Å². The van der Waals surface area contributed by atoms with Crippen LogP contribution in [0.4, 0.5) is 0 Å². The molecular formula is C19H14O3. The predicted molar refractivity (Wildman–Crippen MR) is 85.7 cm³/mol. The molecule has 0 radical (unpaired) electrons. The number of fused-ring (bicyclic) bond motifs is 3. The largest absolute Gasteiger partial charge is 0.422 e. The zero-order valence-corrected chi connectivity index (χ0v) is 11.9. The Hall–Kier alpha value is -2.57. The molecule has 1 fully saturated rings. The van der Waals surface area contributed by atoms with Crippen LogP contribution in [0.2, 0.25) is 0 Å². The van der Waals surface area contributed by atoms with E-state index < -0.39 is 5.60 Å². The summed E-state index contributed by atoms with van der Waals surface area (Å²) in [4.78, 5) is 12.0. The van der Waals surface area contributed by atoms with Gasteiger partial charge in [-0.15, -0.1) is 0 Å². The second kappa shape index (κ2) is 4.72. The number of para-hydroxylation sites is 1. The standard InChI is InChI=1S/C19H14O3/c20-18-15-7-6-13(8-11-19(21)9-3-10-19)12-16(15)14-4-1-2-5-17(14)22-18/h1-2,4-7,12,21H,3,9-10H2. The molecule has 0 unspecified atom stereocenters. The maximum atomic E-state index is 12.0. The molecule has 1 heterocycles. The molecule has 4 rings (SSSR count). The van der Waals surface area contributed by atoms with Gasteiger partial charge in [0.05, 0.1) is 5.39 Å². The van der Waals surface area contributed by atoms with Gasteiger partial charge in [0.2, 0.25) is 0 Å². The van der Waals surface area contributed by atoms with E-state index in [0.717, 1.165) is 35.6 Å². The Bertz CT molecular complexity index is 998. The monoisotopic (exact) mass is 290 g/mol. The lowest BCUT2D eigenvalue weighted by molar-refractivity contribution is 0.0240. The predicted octanol–water partition coefficient (Wildman–Crippen LogP) is 3.21. The van der Waals surface area contributed by atoms with E-state index in [2.05, 4.69) is 11.8 Å². The molecule has 1 aliphatic rings. The van der Waals surface area contributed by atoms with Crippen molar-refractivity contribution < 1.29 is 9.52 Å². The van der Waals surface area contributed by atoms with Crippen LogP contribution in [0.15, 0.2) is 51.7 Å². The Kier molecular flexibility index (Phi) is 2.82. The van der Waals surface area contributed by atoms with Crippen molar-refractivity contribution in [2.75, 3.05) is 0 Å². The van der Waals surface area contributed by atoms with Crippen molar-refractivity contribution in [2.24, 2.45) is 0 Å². The van der Waals surface area contributed by atoms with Gasteiger partial charge in [-0.2, -0.15) is 0 Å². The maximum Gasteiger partial charge on any atom is 0.344 e. The van der Waals surface area contributed by atoms with Crippen LogP contribution in [0.1, 0.15) is 24.8 Å². The quantitative estimate of drug-likeness (QED) is 0.393. The third-order valence-electron chi connectivity index (χ3n) is 4.24. The molecule has 0 bridgehead atoms. The van der Waals surface area contributed by atoms with Crippen LogP contribution >= 0.6 is 0 Å². The number of hydrogen-bond donors (Lipinski definition) is 1. The molecule has 3 nitrogen and oxygen atoms in total. The van der Waals surface area contributed by atoms with E-state index in [9.17, 15) is 9.90 Å². The zero-order chi connectivity index (χ0) is 15.2. The van der Waals surface area contributed by atoms with E-state index in [1.807, 2.05) is 24.3 Å². The summed E-state index contributed by atoms with van der Waals surface area (Å²) in [5.41, 5.74) is 0.198. The molecule has 2 aromatic carbocycles. The van der Waals surface area contributed by atoms with Gasteiger partial charge < -0.3 is 9.52 Å². The van der Waals surface area contributed by atoms with Gasteiger partial charge >= 0.3 is 5.63 Å². The van der Waals surface area contributed by atoms with Gasteiger partial charge in [-0.1, -0.05) is 30.0 Å². The number of aliphatic hydroxyl groups is 1. The summed E-state index contributed by atoms with van der Waals surface area (Å²) < 4.78 is 5.32. The second-order valence-corrected chi connectivity index (χ2v) is 5.78. The minimum atomic E-state index is -0.827. The normalized spacial score (nSPS) is 16.0. The summed E-state index contributed by atoms with van der Waals surface area (Å²) in [6.45, 7) is 0. The zero-order valence-electron chi connectivity index (χ0n) is 11.9. The summed E-state index contributed by atoms with van der Waals surface area (Å²) in [5.74, 6) is 5.97. The van der Waals surface area contributed by atoms with Gasteiger partial charge in [-0.3, -0.25) is 0 Å². The average Bonchev–Trinajstić information content (AvgIpc) is 2.51. The Balaban J connectivity index is 1.92. The minimum Gasteiger partial charge on any atom is -0.422 e. The van der Waals surface area contributed by atoms with Gasteiger partial charge in [-0.05, 0) is 43.5 Å². The molecular weight excluding hydrogens is 276 g/mol. The Labute approximate surface area is 127 Å². The first kappa shape index (κ1) is 13.1. The van der Waals surface area contributed by atoms with Crippen LogP contribution in [0.3, 0.4) is 0 Å². The fraction of sp³-hybridized carbons (Fsp3) is 0.211. The van der Waals surface area contributed by atoms with E-state index in [-0.39, 0.29) is 5.63 Å². The lowest BCUT2D eigenvalue weighted by Crippen LogP contribution is -2.34. The molecule has 22 heavy (non-hydrogen) atoms. The molecule has 1 saturated carbocycles.